The molecule has 2 N–H and O–H groups in total. The van der Waals surface area contributed by atoms with E-state index in [9.17, 15) is 0 Å². The van der Waals surface area contributed by atoms with Crippen LogP contribution < -0.4 is 10.6 Å². The van der Waals surface area contributed by atoms with Gasteiger partial charge in [0.05, 0.1) is 18.4 Å². The van der Waals surface area contributed by atoms with Gasteiger partial charge in [-0.1, -0.05) is 0 Å². The molecule has 0 aromatic carbocycles. The monoisotopic (exact) mass is 471 g/mol. The van der Waals surface area contributed by atoms with Crippen molar-refractivity contribution in [1.82, 2.24) is 30.2 Å². The lowest BCUT2D eigenvalue weighted by Crippen LogP contribution is -2.46. The van der Waals surface area contributed by atoms with E-state index in [2.05, 4.69) is 52.4 Å². The molecule has 26 heavy (non-hydrogen) atoms. The zero-order valence-electron chi connectivity index (χ0n) is 16.1. The summed E-state index contributed by atoms with van der Waals surface area (Å²) < 4.78 is 4.02. The number of aliphatic imine (C=N–C) groups is 1. The average Bonchev–Trinajstić information content (AvgIpc) is 3.19. The number of nitrogens with one attached hydrogen (secondary N) is 2. The molecule has 1 atom stereocenters. The third kappa shape index (κ3) is 5.21. The maximum Gasteiger partial charge on any atom is 0.191 e. The molecule has 0 amide bonds. The third-order valence-electron chi connectivity index (χ3n) is 4.59. The smallest absolute Gasteiger partial charge is 0.191 e. The zero-order valence-corrected chi connectivity index (χ0v) is 18.4. The molecule has 3 rings (SSSR count). The van der Waals surface area contributed by atoms with Crippen LogP contribution in [-0.4, -0.2) is 45.2 Å². The van der Waals surface area contributed by atoms with E-state index in [4.69, 9.17) is 5.10 Å². The largest absolute Gasteiger partial charge is 0.355 e. The number of guanidine groups is 1. The van der Waals surface area contributed by atoms with Crippen molar-refractivity contribution >= 4 is 29.9 Å². The first-order valence-corrected chi connectivity index (χ1v) is 9.08. The molecular weight excluding hydrogens is 441 g/mol. The molecule has 0 saturated carbocycles. The molecule has 0 spiro atoms. The predicted molar refractivity (Wildman–Crippen MR) is 115 cm³/mol. The van der Waals surface area contributed by atoms with Crippen molar-refractivity contribution in [3.8, 4) is 0 Å². The number of nitrogens with zero attached hydrogens (tertiary/aromatic N) is 5. The Hall–Kier alpha value is -1.58. The summed E-state index contributed by atoms with van der Waals surface area (Å²) in [5, 5.41) is 16.0. The van der Waals surface area contributed by atoms with Crippen LogP contribution in [0.5, 0.6) is 0 Å². The Morgan fingerprint density at radius 3 is 2.85 bits per heavy atom. The normalized spacial score (nSPS) is 17.0. The van der Waals surface area contributed by atoms with Gasteiger partial charge in [-0.05, 0) is 44.7 Å². The van der Waals surface area contributed by atoms with Gasteiger partial charge in [-0.15, -0.1) is 24.0 Å². The van der Waals surface area contributed by atoms with E-state index >= 15 is 0 Å². The van der Waals surface area contributed by atoms with E-state index in [0.717, 1.165) is 38.3 Å². The molecule has 0 bridgehead atoms. The van der Waals surface area contributed by atoms with Crippen LogP contribution >= 0.6 is 24.0 Å². The highest BCUT2D eigenvalue weighted by molar-refractivity contribution is 14.0. The second-order valence-corrected chi connectivity index (χ2v) is 7.04. The molecule has 8 heteroatoms. The SMILES string of the molecule is CN=C(NCCn1cc(C)cn1)NC1CCc2cn(C(C)C)nc2C1.I. The van der Waals surface area contributed by atoms with Gasteiger partial charge in [0.2, 0.25) is 0 Å². The van der Waals surface area contributed by atoms with Gasteiger partial charge >= 0.3 is 0 Å². The van der Waals surface area contributed by atoms with Crippen LogP contribution in [0.15, 0.2) is 23.6 Å². The van der Waals surface area contributed by atoms with Gasteiger partial charge < -0.3 is 10.6 Å². The van der Waals surface area contributed by atoms with Crippen molar-refractivity contribution in [3.05, 3.63) is 35.4 Å². The minimum atomic E-state index is 0. The van der Waals surface area contributed by atoms with Gasteiger partial charge in [-0.2, -0.15) is 10.2 Å². The van der Waals surface area contributed by atoms with E-state index < -0.39 is 0 Å². The van der Waals surface area contributed by atoms with Crippen LogP contribution in [0.3, 0.4) is 0 Å². The topological polar surface area (TPSA) is 72.1 Å². The number of fused-ring (bicyclic) bond motifs is 1. The van der Waals surface area contributed by atoms with E-state index in [-0.39, 0.29) is 24.0 Å². The average molecular weight is 471 g/mol. The van der Waals surface area contributed by atoms with Crippen LogP contribution in [0.2, 0.25) is 0 Å². The van der Waals surface area contributed by atoms with Crippen molar-refractivity contribution in [2.45, 2.75) is 58.7 Å². The summed E-state index contributed by atoms with van der Waals surface area (Å²) in [5.41, 5.74) is 3.80. The van der Waals surface area contributed by atoms with Crippen molar-refractivity contribution in [3.63, 3.8) is 0 Å². The summed E-state index contributed by atoms with van der Waals surface area (Å²) in [6.45, 7) is 8.00. The number of halogens is 1. The highest BCUT2D eigenvalue weighted by atomic mass is 127. The van der Waals surface area contributed by atoms with Gasteiger partial charge in [0.25, 0.3) is 0 Å². The summed E-state index contributed by atoms with van der Waals surface area (Å²) in [5.74, 6) is 0.848. The van der Waals surface area contributed by atoms with Gasteiger partial charge in [-0.3, -0.25) is 14.4 Å². The fraction of sp³-hybridized carbons (Fsp3) is 0.611. The van der Waals surface area contributed by atoms with Crippen LogP contribution in [0.4, 0.5) is 0 Å². The highest BCUT2D eigenvalue weighted by Crippen LogP contribution is 2.21. The summed E-state index contributed by atoms with van der Waals surface area (Å²) in [6, 6.07) is 0.790. The Bertz CT molecular complexity index is 732. The number of rotatable bonds is 5. The summed E-state index contributed by atoms with van der Waals surface area (Å²) in [7, 11) is 1.81. The second-order valence-electron chi connectivity index (χ2n) is 7.04. The van der Waals surface area contributed by atoms with Crippen molar-refractivity contribution in [2.75, 3.05) is 13.6 Å². The van der Waals surface area contributed by atoms with Crippen LogP contribution in [0, 0.1) is 6.92 Å². The Labute approximate surface area is 172 Å². The number of aromatic nitrogens is 4. The second kappa shape index (κ2) is 9.38. The summed E-state index contributed by atoms with van der Waals surface area (Å²) in [6.07, 6.45) is 9.26. The molecule has 144 valence electrons. The van der Waals surface area contributed by atoms with Crippen molar-refractivity contribution in [2.24, 2.45) is 4.99 Å². The van der Waals surface area contributed by atoms with Crippen LogP contribution in [0.1, 0.15) is 43.1 Å². The number of hydrogen-bond acceptors (Lipinski definition) is 3. The summed E-state index contributed by atoms with van der Waals surface area (Å²) in [4.78, 5) is 4.35. The van der Waals surface area contributed by atoms with E-state index in [1.165, 1.54) is 16.8 Å². The van der Waals surface area contributed by atoms with Crippen LogP contribution in [0.25, 0.3) is 0 Å². The third-order valence-corrected chi connectivity index (χ3v) is 4.59. The first kappa shape index (κ1) is 20.7. The lowest BCUT2D eigenvalue weighted by molar-refractivity contribution is 0.497. The molecule has 0 fully saturated rings. The van der Waals surface area contributed by atoms with Crippen LogP contribution in [-0.2, 0) is 19.4 Å². The number of aryl methyl sites for hydroxylation is 2. The summed E-state index contributed by atoms with van der Waals surface area (Å²) >= 11 is 0. The molecule has 1 aliphatic carbocycles. The minimum absolute atomic E-state index is 0. The Morgan fingerprint density at radius 1 is 1.38 bits per heavy atom. The van der Waals surface area contributed by atoms with Crippen molar-refractivity contribution in [1.29, 1.82) is 0 Å². The first-order chi connectivity index (χ1) is 12.0. The van der Waals surface area contributed by atoms with Gasteiger partial charge in [-0.25, -0.2) is 0 Å². The Morgan fingerprint density at radius 2 is 2.19 bits per heavy atom. The zero-order chi connectivity index (χ0) is 17.8. The van der Waals surface area contributed by atoms with Crippen molar-refractivity contribution < 1.29 is 0 Å². The predicted octanol–water partition coefficient (Wildman–Crippen LogP) is 2.31. The first-order valence-electron chi connectivity index (χ1n) is 9.08. The molecule has 1 unspecified atom stereocenters. The van der Waals surface area contributed by atoms with E-state index in [0.29, 0.717) is 12.1 Å². The Balaban J connectivity index is 0.00000243. The standard InChI is InChI=1S/C18H29N7.HI/c1-13(2)25-12-15-5-6-16(9-17(15)23-25)22-18(19-4)20-7-8-24-11-14(3)10-21-24;/h10-13,16H,5-9H2,1-4H3,(H2,19,20,22);1H. The highest BCUT2D eigenvalue weighted by Gasteiger charge is 2.22. The fourth-order valence-electron chi connectivity index (χ4n) is 3.17. The lowest BCUT2D eigenvalue weighted by Gasteiger charge is -2.24. The van der Waals surface area contributed by atoms with Gasteiger partial charge in [0.15, 0.2) is 5.96 Å². The molecule has 1 aliphatic rings. The molecule has 2 heterocycles. The van der Waals surface area contributed by atoms with E-state index in [1.807, 2.05) is 24.1 Å². The minimum Gasteiger partial charge on any atom is -0.355 e. The maximum atomic E-state index is 4.74. The van der Waals surface area contributed by atoms with Gasteiger partial charge in [0.1, 0.15) is 0 Å². The Kier molecular flexibility index (Phi) is 7.48. The molecule has 2 aromatic rings. The quantitative estimate of drug-likeness (QED) is 0.399. The number of hydrogen-bond donors (Lipinski definition) is 2. The fourth-order valence-corrected chi connectivity index (χ4v) is 3.17. The lowest BCUT2D eigenvalue weighted by atomic mass is 9.94. The molecule has 0 aliphatic heterocycles. The molecular formula is C18H30IN7. The molecule has 0 saturated heterocycles. The molecule has 2 aromatic heterocycles. The molecule has 7 nitrogen and oxygen atoms in total. The maximum absolute atomic E-state index is 4.74. The van der Waals surface area contributed by atoms with E-state index in [1.54, 1.807) is 0 Å². The molecule has 0 radical (unpaired) electrons. The van der Waals surface area contributed by atoms with Gasteiger partial charge in [0, 0.05) is 44.5 Å².